The molecule has 1 aliphatic heterocycles. The van der Waals surface area contributed by atoms with Crippen molar-refractivity contribution in [2.45, 2.75) is 19.4 Å². The third kappa shape index (κ3) is 2.49. The highest BCUT2D eigenvalue weighted by molar-refractivity contribution is 6.33. The quantitative estimate of drug-likeness (QED) is 0.885. The Morgan fingerprint density at radius 1 is 1.30 bits per heavy atom. The maximum Gasteiger partial charge on any atom is 0.247 e. The standard InChI is InChI=1S/C16H15ClN2O/c1-10-6-7-12(17)14(8-10)19-16(20)15-9-11-4-2-3-5-13(11)18-15/h2-8,15,18H,9H2,1H3,(H,19,20). The number of carbonyl (C=O) groups is 1. The van der Waals surface area contributed by atoms with Gasteiger partial charge in [0.05, 0.1) is 10.7 Å². The summed E-state index contributed by atoms with van der Waals surface area (Å²) in [5.74, 6) is -0.0614. The number of rotatable bonds is 2. The van der Waals surface area contributed by atoms with E-state index in [1.807, 2.05) is 43.3 Å². The second-order valence-electron chi connectivity index (χ2n) is 5.03. The van der Waals surface area contributed by atoms with Crippen LogP contribution in [0.5, 0.6) is 0 Å². The smallest absolute Gasteiger partial charge is 0.247 e. The first-order chi connectivity index (χ1) is 9.63. The summed E-state index contributed by atoms with van der Waals surface area (Å²) in [5, 5.41) is 6.68. The molecular formula is C16H15ClN2O. The summed E-state index contributed by atoms with van der Waals surface area (Å²) in [6.07, 6.45) is 0.700. The van der Waals surface area contributed by atoms with E-state index >= 15 is 0 Å². The molecule has 1 aliphatic rings. The molecule has 20 heavy (non-hydrogen) atoms. The van der Waals surface area contributed by atoms with Crippen molar-refractivity contribution in [3.63, 3.8) is 0 Å². The molecule has 0 aliphatic carbocycles. The van der Waals surface area contributed by atoms with Crippen molar-refractivity contribution in [2.24, 2.45) is 0 Å². The van der Waals surface area contributed by atoms with E-state index in [9.17, 15) is 4.79 Å². The predicted molar refractivity (Wildman–Crippen MR) is 82.4 cm³/mol. The number of anilines is 2. The Bertz CT molecular complexity index is 644. The molecule has 3 nitrogen and oxygen atoms in total. The zero-order valence-corrected chi connectivity index (χ0v) is 11.9. The molecule has 0 bridgehead atoms. The van der Waals surface area contributed by atoms with Gasteiger partial charge in [-0.25, -0.2) is 0 Å². The summed E-state index contributed by atoms with van der Waals surface area (Å²) >= 11 is 6.10. The Kier molecular flexibility index (Phi) is 3.36. The molecule has 2 aromatic carbocycles. The Hall–Kier alpha value is -2.00. The van der Waals surface area contributed by atoms with Crippen LogP contribution in [0.3, 0.4) is 0 Å². The molecule has 0 aromatic heterocycles. The number of halogens is 1. The van der Waals surface area contributed by atoms with Crippen molar-refractivity contribution in [1.82, 2.24) is 0 Å². The number of carbonyl (C=O) groups excluding carboxylic acids is 1. The maximum absolute atomic E-state index is 12.3. The number of nitrogens with one attached hydrogen (secondary N) is 2. The van der Waals surface area contributed by atoms with Gasteiger partial charge in [0.15, 0.2) is 0 Å². The molecule has 1 heterocycles. The molecule has 102 valence electrons. The van der Waals surface area contributed by atoms with Gasteiger partial charge in [0.1, 0.15) is 6.04 Å². The largest absolute Gasteiger partial charge is 0.373 e. The first-order valence-electron chi connectivity index (χ1n) is 6.55. The van der Waals surface area contributed by atoms with Crippen LogP contribution in [-0.2, 0) is 11.2 Å². The fourth-order valence-corrected chi connectivity index (χ4v) is 2.58. The van der Waals surface area contributed by atoms with Gasteiger partial charge in [0.2, 0.25) is 5.91 Å². The predicted octanol–water partition coefficient (Wildman–Crippen LogP) is 3.62. The van der Waals surface area contributed by atoms with E-state index in [4.69, 9.17) is 11.6 Å². The van der Waals surface area contributed by atoms with Gasteiger partial charge >= 0.3 is 0 Å². The van der Waals surface area contributed by atoms with E-state index in [0.717, 1.165) is 11.3 Å². The van der Waals surface area contributed by atoms with E-state index in [-0.39, 0.29) is 11.9 Å². The molecule has 2 N–H and O–H groups in total. The minimum atomic E-state index is -0.246. The molecule has 0 radical (unpaired) electrons. The van der Waals surface area contributed by atoms with E-state index in [1.54, 1.807) is 6.07 Å². The highest BCUT2D eigenvalue weighted by atomic mass is 35.5. The number of hydrogen-bond donors (Lipinski definition) is 2. The van der Waals surface area contributed by atoms with Crippen molar-refractivity contribution >= 4 is 28.9 Å². The lowest BCUT2D eigenvalue weighted by Crippen LogP contribution is -2.32. The Balaban J connectivity index is 1.74. The highest BCUT2D eigenvalue weighted by Crippen LogP contribution is 2.27. The number of hydrogen-bond acceptors (Lipinski definition) is 2. The van der Waals surface area contributed by atoms with E-state index in [2.05, 4.69) is 10.6 Å². The van der Waals surface area contributed by atoms with Gasteiger partial charge in [-0.05, 0) is 36.2 Å². The highest BCUT2D eigenvalue weighted by Gasteiger charge is 2.26. The summed E-state index contributed by atoms with van der Waals surface area (Å²) in [5.41, 5.74) is 3.92. The van der Waals surface area contributed by atoms with Gasteiger partial charge in [0, 0.05) is 12.1 Å². The lowest BCUT2D eigenvalue weighted by molar-refractivity contribution is -0.116. The van der Waals surface area contributed by atoms with Crippen LogP contribution in [0.15, 0.2) is 42.5 Å². The normalized spacial score (nSPS) is 16.4. The zero-order chi connectivity index (χ0) is 14.1. The van der Waals surface area contributed by atoms with E-state index < -0.39 is 0 Å². The van der Waals surface area contributed by atoms with Crippen LogP contribution in [0.1, 0.15) is 11.1 Å². The fourth-order valence-electron chi connectivity index (χ4n) is 2.41. The van der Waals surface area contributed by atoms with Gasteiger partial charge in [-0.3, -0.25) is 4.79 Å². The molecule has 1 atom stereocenters. The average Bonchev–Trinajstić information content (AvgIpc) is 2.87. The number of fused-ring (bicyclic) bond motifs is 1. The van der Waals surface area contributed by atoms with Crippen molar-refractivity contribution in [1.29, 1.82) is 0 Å². The second-order valence-corrected chi connectivity index (χ2v) is 5.44. The first kappa shape index (κ1) is 13.0. The van der Waals surface area contributed by atoms with Crippen molar-refractivity contribution in [3.05, 3.63) is 58.6 Å². The van der Waals surface area contributed by atoms with Gasteiger partial charge in [-0.2, -0.15) is 0 Å². The maximum atomic E-state index is 12.3. The second kappa shape index (κ2) is 5.17. The van der Waals surface area contributed by atoms with Crippen LogP contribution in [-0.4, -0.2) is 11.9 Å². The van der Waals surface area contributed by atoms with Crippen LogP contribution < -0.4 is 10.6 Å². The van der Waals surface area contributed by atoms with Crippen molar-refractivity contribution in [3.8, 4) is 0 Å². The van der Waals surface area contributed by atoms with Crippen molar-refractivity contribution in [2.75, 3.05) is 10.6 Å². The van der Waals surface area contributed by atoms with Crippen LogP contribution >= 0.6 is 11.6 Å². The zero-order valence-electron chi connectivity index (χ0n) is 11.1. The van der Waals surface area contributed by atoms with Crippen LogP contribution in [0, 0.1) is 6.92 Å². The Morgan fingerprint density at radius 2 is 2.10 bits per heavy atom. The number of aryl methyl sites for hydroxylation is 1. The van der Waals surface area contributed by atoms with Crippen LogP contribution in [0.2, 0.25) is 5.02 Å². The average molecular weight is 287 g/mol. The van der Waals surface area contributed by atoms with Gasteiger partial charge < -0.3 is 10.6 Å². The summed E-state index contributed by atoms with van der Waals surface area (Å²) in [6, 6.07) is 13.3. The van der Waals surface area contributed by atoms with Gasteiger partial charge in [-0.1, -0.05) is 35.9 Å². The molecular weight excluding hydrogens is 272 g/mol. The number of amides is 1. The summed E-state index contributed by atoms with van der Waals surface area (Å²) in [7, 11) is 0. The minimum Gasteiger partial charge on any atom is -0.373 e. The third-order valence-corrected chi connectivity index (χ3v) is 3.80. The van der Waals surface area contributed by atoms with Crippen molar-refractivity contribution < 1.29 is 4.79 Å². The van der Waals surface area contributed by atoms with E-state index in [0.29, 0.717) is 17.1 Å². The fraction of sp³-hybridized carbons (Fsp3) is 0.188. The number of benzene rings is 2. The molecule has 0 saturated heterocycles. The topological polar surface area (TPSA) is 41.1 Å². The summed E-state index contributed by atoms with van der Waals surface area (Å²) in [4.78, 5) is 12.3. The van der Waals surface area contributed by atoms with Gasteiger partial charge in [0.25, 0.3) is 0 Å². The van der Waals surface area contributed by atoms with E-state index in [1.165, 1.54) is 5.56 Å². The minimum absolute atomic E-state index is 0.0614. The van der Waals surface area contributed by atoms with Crippen LogP contribution in [0.4, 0.5) is 11.4 Å². The first-order valence-corrected chi connectivity index (χ1v) is 6.93. The van der Waals surface area contributed by atoms with Crippen LogP contribution in [0.25, 0.3) is 0 Å². The lowest BCUT2D eigenvalue weighted by atomic mass is 10.1. The molecule has 0 spiro atoms. The Morgan fingerprint density at radius 3 is 2.90 bits per heavy atom. The summed E-state index contributed by atoms with van der Waals surface area (Å²) in [6.45, 7) is 1.97. The SMILES string of the molecule is Cc1ccc(Cl)c(NC(=O)C2Cc3ccccc3N2)c1. The lowest BCUT2D eigenvalue weighted by Gasteiger charge is -2.13. The van der Waals surface area contributed by atoms with Gasteiger partial charge in [-0.15, -0.1) is 0 Å². The molecule has 3 rings (SSSR count). The molecule has 0 fully saturated rings. The number of para-hydroxylation sites is 1. The molecule has 0 saturated carbocycles. The molecule has 4 heteroatoms. The summed E-state index contributed by atoms with van der Waals surface area (Å²) < 4.78 is 0. The molecule has 2 aromatic rings. The molecule has 1 amide bonds. The molecule has 1 unspecified atom stereocenters. The third-order valence-electron chi connectivity index (χ3n) is 3.47. The monoisotopic (exact) mass is 286 g/mol. The Labute approximate surface area is 123 Å².